The molecule has 0 aliphatic carbocycles. The fourth-order valence-corrected chi connectivity index (χ4v) is 6.56. The van der Waals surface area contributed by atoms with Gasteiger partial charge < -0.3 is 8.85 Å². The van der Waals surface area contributed by atoms with Gasteiger partial charge in [0.05, 0.1) is 0 Å². The predicted molar refractivity (Wildman–Crippen MR) is 101 cm³/mol. The normalized spacial score (nSPS) is 12.8. The van der Waals surface area contributed by atoms with Gasteiger partial charge in [-0.25, -0.2) is 0 Å². The van der Waals surface area contributed by atoms with Gasteiger partial charge in [-0.1, -0.05) is 98.3 Å². The van der Waals surface area contributed by atoms with Crippen molar-refractivity contribution in [3.05, 3.63) is 0 Å². The maximum absolute atomic E-state index is 5.86. The van der Waals surface area contributed by atoms with Crippen molar-refractivity contribution in [2.24, 2.45) is 0 Å². The summed E-state index contributed by atoms with van der Waals surface area (Å²) in [4.78, 5) is 0. The van der Waals surface area contributed by atoms with Crippen molar-refractivity contribution in [3.63, 3.8) is 0 Å². The third-order valence-corrected chi connectivity index (χ3v) is 9.53. The van der Waals surface area contributed by atoms with Crippen LogP contribution in [0.5, 0.6) is 0 Å². The van der Waals surface area contributed by atoms with Crippen molar-refractivity contribution in [3.8, 4) is 0 Å². The van der Waals surface area contributed by atoms with Crippen LogP contribution in [0, 0.1) is 0 Å². The first-order valence-electron chi connectivity index (χ1n) is 9.54. The maximum Gasteiger partial charge on any atom is 0.343 e. The molecule has 0 aliphatic heterocycles. The molecule has 22 heavy (non-hydrogen) atoms. The Hall–Kier alpha value is 0.137. The van der Waals surface area contributed by atoms with E-state index < -0.39 is 8.56 Å². The van der Waals surface area contributed by atoms with Gasteiger partial charge in [-0.15, -0.1) is 0 Å². The van der Waals surface area contributed by atoms with Crippen molar-refractivity contribution in [1.29, 1.82) is 0 Å². The van der Waals surface area contributed by atoms with E-state index in [1.54, 1.807) is 0 Å². The first-order chi connectivity index (χ1) is 10.4. The predicted octanol–water partition coefficient (Wildman–Crippen LogP) is 6.83. The molecule has 0 N–H and O–H groups in total. The van der Waals surface area contributed by atoms with Crippen LogP contribution in [0.4, 0.5) is 0 Å². The van der Waals surface area contributed by atoms with E-state index in [1.165, 1.54) is 70.6 Å². The van der Waals surface area contributed by atoms with E-state index in [4.69, 9.17) is 8.85 Å². The van der Waals surface area contributed by atoms with Gasteiger partial charge in [-0.05, 0) is 6.04 Å². The minimum absolute atomic E-state index is 0.148. The molecule has 0 heterocycles. The molecule has 0 unspecified atom stereocenters. The minimum atomic E-state index is -2.04. The third-order valence-electron chi connectivity index (χ3n) is 4.91. The summed E-state index contributed by atoms with van der Waals surface area (Å²) in [5.41, 5.74) is 0. The summed E-state index contributed by atoms with van der Waals surface area (Å²) in [5.74, 6) is 0. The Morgan fingerprint density at radius 1 is 0.636 bits per heavy atom. The third kappa shape index (κ3) is 8.69. The van der Waals surface area contributed by atoms with Crippen LogP contribution in [0.25, 0.3) is 0 Å². The van der Waals surface area contributed by atoms with Crippen molar-refractivity contribution in [2.75, 3.05) is 14.2 Å². The lowest BCUT2D eigenvalue weighted by Gasteiger charge is -2.38. The van der Waals surface area contributed by atoms with Gasteiger partial charge in [0.1, 0.15) is 0 Å². The molecule has 3 heteroatoms. The minimum Gasteiger partial charge on any atom is -0.397 e. The smallest absolute Gasteiger partial charge is 0.343 e. The van der Waals surface area contributed by atoms with E-state index in [9.17, 15) is 0 Å². The topological polar surface area (TPSA) is 18.5 Å². The Labute approximate surface area is 141 Å². The van der Waals surface area contributed by atoms with Crippen molar-refractivity contribution < 1.29 is 8.85 Å². The molecule has 0 radical (unpaired) electrons. The Bertz CT molecular complexity index is 244. The largest absolute Gasteiger partial charge is 0.397 e. The molecule has 0 amide bonds. The van der Waals surface area contributed by atoms with Gasteiger partial charge in [-0.2, -0.15) is 0 Å². The summed E-state index contributed by atoms with van der Waals surface area (Å²) in [7, 11) is 1.63. The molecule has 0 spiro atoms. The van der Waals surface area contributed by atoms with Gasteiger partial charge in [0.25, 0.3) is 0 Å². The van der Waals surface area contributed by atoms with Gasteiger partial charge in [0.15, 0.2) is 0 Å². The van der Waals surface area contributed by atoms with Gasteiger partial charge in [-0.3, -0.25) is 0 Å². The van der Waals surface area contributed by atoms with Crippen LogP contribution in [0.3, 0.4) is 0 Å². The van der Waals surface area contributed by atoms with E-state index in [1.807, 2.05) is 14.2 Å². The molecular weight excluding hydrogens is 288 g/mol. The van der Waals surface area contributed by atoms with E-state index in [-0.39, 0.29) is 5.04 Å². The fraction of sp³-hybridized carbons (Fsp3) is 1.00. The first kappa shape index (κ1) is 22.1. The van der Waals surface area contributed by atoms with Crippen molar-refractivity contribution in [2.45, 2.75) is 109 Å². The summed E-state index contributed by atoms with van der Waals surface area (Å²) in [6, 6.07) is 1.13. The van der Waals surface area contributed by atoms with Crippen LogP contribution in [-0.4, -0.2) is 22.8 Å². The molecule has 0 bridgehead atoms. The summed E-state index contributed by atoms with van der Waals surface area (Å²) in [6.45, 7) is 9.05. The van der Waals surface area contributed by atoms with Crippen molar-refractivity contribution in [1.82, 2.24) is 0 Å². The molecule has 0 rings (SSSR count). The maximum atomic E-state index is 5.86. The molecule has 0 atom stereocenters. The lowest BCUT2D eigenvalue weighted by molar-refractivity contribution is 0.212. The molecule has 0 saturated carbocycles. The summed E-state index contributed by atoms with van der Waals surface area (Å²) >= 11 is 0. The highest BCUT2D eigenvalue weighted by molar-refractivity contribution is 6.70. The number of hydrogen-bond donors (Lipinski definition) is 0. The Morgan fingerprint density at radius 3 is 1.32 bits per heavy atom. The molecule has 0 saturated heterocycles. The van der Waals surface area contributed by atoms with Crippen LogP contribution in [-0.2, 0) is 8.85 Å². The Balaban J connectivity index is 3.63. The Morgan fingerprint density at radius 2 is 1.00 bits per heavy atom. The molecule has 0 aromatic rings. The molecule has 0 aromatic heterocycles. The zero-order valence-corrected chi connectivity index (χ0v) is 17.3. The van der Waals surface area contributed by atoms with Gasteiger partial charge >= 0.3 is 8.56 Å². The summed E-state index contributed by atoms with van der Waals surface area (Å²) < 4.78 is 11.7. The molecular formula is C19H42O2Si. The van der Waals surface area contributed by atoms with Crippen LogP contribution in [0.1, 0.15) is 98.3 Å². The molecule has 0 aliphatic rings. The highest BCUT2D eigenvalue weighted by atomic mass is 28.4. The summed E-state index contributed by atoms with van der Waals surface area (Å²) in [5, 5.41) is 0.148. The zero-order valence-electron chi connectivity index (χ0n) is 16.3. The second-order valence-electron chi connectivity index (χ2n) is 7.70. The van der Waals surface area contributed by atoms with E-state index in [0.29, 0.717) is 0 Å². The number of rotatable bonds is 14. The van der Waals surface area contributed by atoms with Gasteiger partial charge in [0.2, 0.25) is 0 Å². The van der Waals surface area contributed by atoms with Crippen LogP contribution in [0.2, 0.25) is 11.1 Å². The SMILES string of the molecule is CCCCCCCCCCCCC[Si](OC)(OC)C(C)(C)C. The molecule has 134 valence electrons. The summed E-state index contributed by atoms with van der Waals surface area (Å²) in [6.07, 6.45) is 15.3. The van der Waals surface area contributed by atoms with E-state index in [2.05, 4.69) is 27.7 Å². The number of unbranched alkanes of at least 4 members (excludes halogenated alkanes) is 10. The molecule has 2 nitrogen and oxygen atoms in total. The van der Waals surface area contributed by atoms with Crippen LogP contribution >= 0.6 is 0 Å². The highest BCUT2D eigenvalue weighted by Crippen LogP contribution is 2.40. The van der Waals surface area contributed by atoms with Crippen LogP contribution in [0.15, 0.2) is 0 Å². The average molecular weight is 331 g/mol. The van der Waals surface area contributed by atoms with Crippen molar-refractivity contribution >= 4 is 8.56 Å². The lowest BCUT2D eigenvalue weighted by Crippen LogP contribution is -2.48. The van der Waals surface area contributed by atoms with E-state index >= 15 is 0 Å². The molecule has 0 fully saturated rings. The quantitative estimate of drug-likeness (QED) is 0.256. The second kappa shape index (κ2) is 12.5. The monoisotopic (exact) mass is 330 g/mol. The second-order valence-corrected chi connectivity index (χ2v) is 12.0. The fourth-order valence-electron chi connectivity index (χ4n) is 3.30. The van der Waals surface area contributed by atoms with Gasteiger partial charge in [0, 0.05) is 19.3 Å². The Kier molecular flexibility index (Phi) is 12.6. The van der Waals surface area contributed by atoms with Crippen LogP contribution < -0.4 is 0 Å². The zero-order chi connectivity index (χ0) is 16.9. The average Bonchev–Trinajstić information content (AvgIpc) is 2.47. The van der Waals surface area contributed by atoms with E-state index in [0.717, 1.165) is 6.04 Å². The first-order valence-corrected chi connectivity index (χ1v) is 11.6. The lowest BCUT2D eigenvalue weighted by atomic mass is 10.1. The molecule has 0 aromatic carbocycles. The highest BCUT2D eigenvalue weighted by Gasteiger charge is 2.47. The number of hydrogen-bond acceptors (Lipinski definition) is 2. The standard InChI is InChI=1S/C19H42O2Si/c1-7-8-9-10-11-12-13-14-15-16-17-18-22(20-5,21-6)19(2,3)4/h7-18H2,1-6H3.